The van der Waals surface area contributed by atoms with Gasteiger partial charge in [-0.05, 0) is 71.1 Å². The van der Waals surface area contributed by atoms with Crippen molar-refractivity contribution in [2.24, 2.45) is 4.74 Å². The number of hydrogen-bond donors (Lipinski definition) is 2. The first kappa shape index (κ1) is 28.5. The molecule has 5 heteroatoms. The van der Waals surface area contributed by atoms with Crippen LogP contribution >= 0.6 is 14.3 Å². The number of anilines is 1. The molecule has 0 atom stereocenters. The predicted octanol–water partition coefficient (Wildman–Crippen LogP) is 8.98. The molecule has 1 heterocycles. The van der Waals surface area contributed by atoms with Crippen molar-refractivity contribution < 1.29 is 0 Å². The second-order valence-corrected chi connectivity index (χ2v) is 18.7. The predicted molar refractivity (Wildman–Crippen MR) is 188 cm³/mol. The van der Waals surface area contributed by atoms with Crippen LogP contribution in [0.5, 0.6) is 0 Å². The Morgan fingerprint density at radius 3 is 2.17 bits per heavy atom. The zero-order valence-electron chi connectivity index (χ0n) is 25.0. The number of aryl methyl sites for hydroxylation is 1. The van der Waals surface area contributed by atoms with E-state index in [1.54, 1.807) is 0 Å². The first-order chi connectivity index (χ1) is 20.4. The Morgan fingerprint density at radius 1 is 0.810 bits per heavy atom. The Labute approximate surface area is 251 Å². The van der Waals surface area contributed by atoms with Gasteiger partial charge in [0, 0.05) is 43.2 Å². The molecule has 42 heavy (non-hydrogen) atoms. The number of nitrogens with one attached hydrogen (secondary N) is 2. The number of hydrogen-bond acceptors (Lipinski definition) is 3. The minimum atomic E-state index is -2.02. The quantitative estimate of drug-likeness (QED) is 0.212. The van der Waals surface area contributed by atoms with E-state index in [0.717, 1.165) is 24.2 Å². The molecule has 0 saturated heterocycles. The zero-order chi connectivity index (χ0) is 29.2. The zero-order valence-corrected chi connectivity index (χ0v) is 26.8. The van der Waals surface area contributed by atoms with Crippen LogP contribution in [-0.4, -0.2) is 27.0 Å². The fourth-order valence-corrected chi connectivity index (χ4v) is 10.3. The number of fused-ring (bicyclic) bond motifs is 2. The fraction of sp³-hybridized carbons (Fsp3) is 0.189. The van der Waals surface area contributed by atoms with Gasteiger partial charge in [-0.15, -0.1) is 0 Å². The monoisotopic (exact) mass is 588 g/mol. The first-order valence-corrected chi connectivity index (χ1v) is 19.7. The second kappa shape index (κ2) is 11.9. The average molecular weight is 589 g/mol. The molecule has 0 spiro atoms. The molecule has 6 rings (SSSR count). The second-order valence-electron chi connectivity index (χ2n) is 11.7. The van der Waals surface area contributed by atoms with Crippen molar-refractivity contribution in [3.63, 3.8) is 0 Å². The van der Waals surface area contributed by atoms with Crippen LogP contribution in [0, 0.1) is 0 Å². The molecule has 3 nitrogen and oxygen atoms in total. The highest BCUT2D eigenvalue weighted by Gasteiger charge is 2.29. The van der Waals surface area contributed by atoms with E-state index in [4.69, 9.17) is 4.74 Å². The molecule has 212 valence electrons. The highest BCUT2D eigenvalue weighted by atomic mass is 31.2. The van der Waals surface area contributed by atoms with Crippen molar-refractivity contribution >= 4 is 42.0 Å². The summed E-state index contributed by atoms with van der Waals surface area (Å²) >= 11 is 0. The molecule has 0 radical (unpaired) electrons. The SMILES string of the molecule is CNc1ccc2c(c1)CCC1=C[P+](C)(C)C=CC1=C2NCc1ccccc1N=P(C)(c1ccccc1)c1ccccc1. The van der Waals surface area contributed by atoms with Crippen LogP contribution in [0.1, 0.15) is 23.1 Å². The van der Waals surface area contributed by atoms with Gasteiger partial charge in [0.1, 0.15) is 0 Å². The number of nitrogens with zero attached hydrogens (tertiary/aromatic N) is 1. The summed E-state index contributed by atoms with van der Waals surface area (Å²) in [6.07, 6.45) is 4.50. The van der Waals surface area contributed by atoms with E-state index in [-0.39, 0.29) is 0 Å². The summed E-state index contributed by atoms with van der Waals surface area (Å²) in [5, 5.41) is 9.84. The van der Waals surface area contributed by atoms with Crippen LogP contribution in [0.3, 0.4) is 0 Å². The van der Waals surface area contributed by atoms with Gasteiger partial charge in [0.25, 0.3) is 0 Å². The third-order valence-electron chi connectivity index (χ3n) is 8.33. The van der Waals surface area contributed by atoms with Crippen LogP contribution in [-0.2, 0) is 13.0 Å². The number of benzene rings is 4. The van der Waals surface area contributed by atoms with Gasteiger partial charge in [-0.3, -0.25) is 4.74 Å². The van der Waals surface area contributed by atoms with E-state index in [1.807, 2.05) is 7.05 Å². The van der Waals surface area contributed by atoms with Gasteiger partial charge in [-0.1, -0.05) is 84.9 Å². The standard InChI is InChI=1S/C37H40N3P2/c1-38-31-21-22-34-28(25-31)19-20-30-27-41(2,3)24-23-35(30)37(34)39-26-29-13-11-12-18-36(29)40-42(4,32-14-7-5-8-15-32)33-16-9-6-10-17-33/h5-18,21-25,27,38-39H,19-20,26H2,1-4H3/q+1. The largest absolute Gasteiger partial charge is 0.388 e. The molecule has 0 aromatic heterocycles. The molecule has 0 saturated carbocycles. The minimum absolute atomic E-state index is 0.703. The summed E-state index contributed by atoms with van der Waals surface area (Å²) in [5.41, 5.74) is 10.2. The number of allylic oxidation sites excluding steroid dienone is 3. The number of rotatable bonds is 7. The van der Waals surface area contributed by atoms with Crippen molar-refractivity contribution in [2.45, 2.75) is 19.4 Å². The van der Waals surface area contributed by atoms with E-state index in [2.05, 4.69) is 151 Å². The van der Waals surface area contributed by atoms with Crippen LogP contribution < -0.4 is 21.2 Å². The fourth-order valence-electron chi connectivity index (χ4n) is 5.99. The Morgan fingerprint density at radius 2 is 1.48 bits per heavy atom. The summed E-state index contributed by atoms with van der Waals surface area (Å²) in [6.45, 7) is 7.83. The lowest BCUT2D eigenvalue weighted by Gasteiger charge is -2.23. The Bertz CT molecular complexity index is 1710. The van der Waals surface area contributed by atoms with Crippen molar-refractivity contribution in [2.75, 3.05) is 32.4 Å². The van der Waals surface area contributed by atoms with Crippen molar-refractivity contribution in [1.29, 1.82) is 0 Å². The maximum absolute atomic E-state index is 5.61. The molecule has 1 aliphatic heterocycles. The van der Waals surface area contributed by atoms with Crippen molar-refractivity contribution in [3.8, 4) is 0 Å². The van der Waals surface area contributed by atoms with Gasteiger partial charge >= 0.3 is 0 Å². The van der Waals surface area contributed by atoms with Gasteiger partial charge in [0.05, 0.1) is 37.9 Å². The summed E-state index contributed by atoms with van der Waals surface area (Å²) in [5.74, 6) is 5.01. The molecule has 0 fully saturated rings. The van der Waals surface area contributed by atoms with Gasteiger partial charge in [0.2, 0.25) is 0 Å². The van der Waals surface area contributed by atoms with E-state index in [9.17, 15) is 0 Å². The lowest BCUT2D eigenvalue weighted by atomic mass is 10.00. The topological polar surface area (TPSA) is 36.4 Å². The van der Waals surface area contributed by atoms with Crippen LogP contribution in [0.2, 0.25) is 0 Å². The van der Waals surface area contributed by atoms with Gasteiger partial charge in [-0.2, -0.15) is 0 Å². The maximum atomic E-state index is 5.61. The van der Waals surface area contributed by atoms with Gasteiger partial charge in [-0.25, -0.2) is 0 Å². The van der Waals surface area contributed by atoms with Crippen LogP contribution in [0.4, 0.5) is 11.4 Å². The maximum Gasteiger partial charge on any atom is 0.0671 e. The molecule has 0 amide bonds. The lowest BCUT2D eigenvalue weighted by Crippen LogP contribution is -2.16. The van der Waals surface area contributed by atoms with Gasteiger partial charge in [0.15, 0.2) is 0 Å². The summed E-state index contributed by atoms with van der Waals surface area (Å²) in [7, 11) is -1.21. The Kier molecular flexibility index (Phi) is 8.09. The van der Waals surface area contributed by atoms with E-state index in [0.29, 0.717) is 6.54 Å². The summed E-state index contributed by atoms with van der Waals surface area (Å²) < 4.78 is 5.61. The molecule has 1 aliphatic carbocycles. The van der Waals surface area contributed by atoms with E-state index < -0.39 is 14.3 Å². The highest BCUT2D eigenvalue weighted by Crippen LogP contribution is 2.59. The third-order valence-corrected chi connectivity index (χ3v) is 13.4. The molecule has 0 unspecified atom stereocenters. The van der Waals surface area contributed by atoms with E-state index in [1.165, 1.54) is 44.1 Å². The Hall–Kier alpha value is -3.64. The molecular formula is C37H40N3P2+. The molecule has 4 aromatic carbocycles. The van der Waals surface area contributed by atoms with Crippen molar-refractivity contribution in [3.05, 3.63) is 149 Å². The smallest absolute Gasteiger partial charge is 0.0671 e. The third kappa shape index (κ3) is 5.82. The molecule has 2 N–H and O–H groups in total. The van der Waals surface area contributed by atoms with Crippen molar-refractivity contribution in [1.82, 2.24) is 5.32 Å². The van der Waals surface area contributed by atoms with Gasteiger partial charge < -0.3 is 10.6 Å². The highest BCUT2D eigenvalue weighted by molar-refractivity contribution is 7.80. The normalized spacial score (nSPS) is 15.7. The first-order valence-electron chi connectivity index (χ1n) is 14.7. The molecular weight excluding hydrogens is 548 g/mol. The molecule has 0 bridgehead atoms. The van der Waals surface area contributed by atoms with E-state index >= 15 is 0 Å². The summed E-state index contributed by atoms with van der Waals surface area (Å²) in [6, 6.07) is 37.0. The van der Waals surface area contributed by atoms with Crippen LogP contribution in [0.25, 0.3) is 5.70 Å². The molecule has 2 aliphatic rings. The molecule has 4 aromatic rings. The van der Waals surface area contributed by atoms with Crippen LogP contribution in [0.15, 0.2) is 137 Å². The minimum Gasteiger partial charge on any atom is -0.388 e. The summed E-state index contributed by atoms with van der Waals surface area (Å²) in [4.78, 5) is 0. The lowest BCUT2D eigenvalue weighted by molar-refractivity contribution is 0.885. The Balaban J connectivity index is 1.43. The average Bonchev–Trinajstić information content (AvgIpc) is 3.16.